The van der Waals surface area contributed by atoms with E-state index in [0.717, 1.165) is 0 Å². The molecule has 1 atom stereocenters. The van der Waals surface area contributed by atoms with Gasteiger partial charge in [0.05, 0.1) is 4.99 Å². The monoisotopic (exact) mass is 219 g/mol. The third kappa shape index (κ3) is 4.91. The average Bonchev–Trinajstić information content (AvgIpc) is 2.15. The summed E-state index contributed by atoms with van der Waals surface area (Å²) in [4.78, 5) is 10.4. The van der Waals surface area contributed by atoms with Gasteiger partial charge >= 0.3 is 5.98 Å². The predicted molar refractivity (Wildman–Crippen MR) is 56.4 cm³/mol. The van der Waals surface area contributed by atoms with Crippen LogP contribution in [0, 0.1) is 0 Å². The van der Waals surface area contributed by atoms with Crippen molar-refractivity contribution in [1.82, 2.24) is 5.32 Å². The Labute approximate surface area is 88.3 Å². The first-order chi connectivity index (χ1) is 6.58. The zero-order valence-electron chi connectivity index (χ0n) is 8.09. The first kappa shape index (κ1) is 13.0. The molecule has 0 aliphatic carbocycles. The van der Waals surface area contributed by atoms with Gasteiger partial charge in [-0.2, -0.15) is 4.39 Å². The average molecular weight is 219 g/mol. The molecule has 80 valence electrons. The van der Waals surface area contributed by atoms with E-state index in [1.165, 1.54) is 0 Å². The summed E-state index contributed by atoms with van der Waals surface area (Å²) in [6, 6.07) is 0. The molecular weight excluding hydrogens is 205 g/mol. The standard InChI is InChI=1S/C9H14FNO2S/c1-3-5-6-9(10,13-7-12)11-8(14)4-2/h3,7H,1,4-6H2,2H3,(H,11,14). The number of alkyl halides is 1. The largest absolute Gasteiger partial charge is 0.412 e. The minimum atomic E-state index is -2.21. The third-order valence-corrected chi connectivity index (χ3v) is 1.94. The van der Waals surface area contributed by atoms with Gasteiger partial charge in [0.15, 0.2) is 0 Å². The predicted octanol–water partition coefficient (Wildman–Crippen LogP) is 2.08. The van der Waals surface area contributed by atoms with Crippen LogP contribution in [0.1, 0.15) is 26.2 Å². The van der Waals surface area contributed by atoms with Crippen molar-refractivity contribution in [3.8, 4) is 0 Å². The van der Waals surface area contributed by atoms with Crippen LogP contribution < -0.4 is 5.32 Å². The number of hydrogen-bond donors (Lipinski definition) is 1. The smallest absolute Gasteiger partial charge is 0.331 e. The lowest BCUT2D eigenvalue weighted by Gasteiger charge is -2.24. The van der Waals surface area contributed by atoms with Crippen LogP contribution in [0.15, 0.2) is 12.7 Å². The van der Waals surface area contributed by atoms with Gasteiger partial charge in [-0.1, -0.05) is 25.2 Å². The van der Waals surface area contributed by atoms with Crippen molar-refractivity contribution in [2.45, 2.75) is 32.2 Å². The van der Waals surface area contributed by atoms with Crippen LogP contribution in [0.4, 0.5) is 4.39 Å². The second kappa shape index (κ2) is 6.48. The number of ether oxygens (including phenoxy) is 1. The quantitative estimate of drug-likeness (QED) is 0.234. The lowest BCUT2D eigenvalue weighted by Crippen LogP contribution is -2.45. The fraction of sp³-hybridized carbons (Fsp3) is 0.556. The Morgan fingerprint density at radius 1 is 1.79 bits per heavy atom. The zero-order valence-corrected chi connectivity index (χ0v) is 8.90. The number of rotatable bonds is 7. The Hall–Kier alpha value is -0.970. The highest BCUT2D eigenvalue weighted by Gasteiger charge is 2.30. The van der Waals surface area contributed by atoms with Crippen LogP contribution in [0.2, 0.25) is 0 Å². The third-order valence-electron chi connectivity index (χ3n) is 1.55. The number of nitrogens with one attached hydrogen (secondary N) is 1. The van der Waals surface area contributed by atoms with Crippen molar-refractivity contribution in [2.24, 2.45) is 0 Å². The van der Waals surface area contributed by atoms with Crippen molar-refractivity contribution in [3.05, 3.63) is 12.7 Å². The maximum absolute atomic E-state index is 13.7. The van der Waals surface area contributed by atoms with Crippen LogP contribution in [-0.4, -0.2) is 17.4 Å². The molecule has 0 amide bonds. The molecule has 0 radical (unpaired) electrons. The first-order valence-electron chi connectivity index (χ1n) is 4.30. The number of carbonyl (C=O) groups is 1. The molecule has 0 aromatic heterocycles. The maximum Gasteiger partial charge on any atom is 0.331 e. The molecule has 0 aromatic carbocycles. The second-order valence-electron chi connectivity index (χ2n) is 2.67. The Bertz CT molecular complexity index is 223. The molecule has 5 heteroatoms. The van der Waals surface area contributed by atoms with Gasteiger partial charge in [0.25, 0.3) is 6.47 Å². The second-order valence-corrected chi connectivity index (χ2v) is 3.16. The fourth-order valence-corrected chi connectivity index (χ4v) is 0.964. The van der Waals surface area contributed by atoms with Gasteiger partial charge in [-0.3, -0.25) is 4.79 Å². The minimum Gasteiger partial charge on any atom is -0.412 e. The summed E-state index contributed by atoms with van der Waals surface area (Å²) in [5.74, 6) is -2.21. The van der Waals surface area contributed by atoms with Crippen molar-refractivity contribution in [1.29, 1.82) is 0 Å². The number of allylic oxidation sites excluding steroid dienone is 1. The van der Waals surface area contributed by atoms with E-state index in [-0.39, 0.29) is 12.9 Å². The maximum atomic E-state index is 13.7. The number of hydrogen-bond acceptors (Lipinski definition) is 3. The molecule has 0 heterocycles. The summed E-state index contributed by atoms with van der Waals surface area (Å²) in [5.41, 5.74) is 0. The highest BCUT2D eigenvalue weighted by molar-refractivity contribution is 7.80. The van der Waals surface area contributed by atoms with E-state index in [1.54, 1.807) is 13.0 Å². The van der Waals surface area contributed by atoms with Crippen molar-refractivity contribution in [3.63, 3.8) is 0 Å². The Kier molecular flexibility index (Phi) is 6.03. The Morgan fingerprint density at radius 2 is 2.43 bits per heavy atom. The molecule has 0 bridgehead atoms. The van der Waals surface area contributed by atoms with Gasteiger partial charge in [-0.05, 0) is 12.8 Å². The van der Waals surface area contributed by atoms with Crippen LogP contribution >= 0.6 is 12.2 Å². The van der Waals surface area contributed by atoms with Gasteiger partial charge < -0.3 is 10.1 Å². The Balaban J connectivity index is 4.28. The molecular formula is C9H14FNO2S. The molecule has 0 fully saturated rings. The van der Waals surface area contributed by atoms with Gasteiger partial charge in [0.1, 0.15) is 0 Å². The lowest BCUT2D eigenvalue weighted by atomic mass is 10.2. The first-order valence-corrected chi connectivity index (χ1v) is 4.71. The number of thiocarbonyl (C=S) groups is 1. The van der Waals surface area contributed by atoms with Crippen molar-refractivity contribution in [2.75, 3.05) is 0 Å². The van der Waals surface area contributed by atoms with E-state index in [1.807, 2.05) is 0 Å². The molecule has 14 heavy (non-hydrogen) atoms. The van der Waals surface area contributed by atoms with E-state index in [9.17, 15) is 9.18 Å². The summed E-state index contributed by atoms with van der Waals surface area (Å²) in [5, 5.41) is 2.34. The molecule has 3 nitrogen and oxygen atoms in total. The normalized spacial score (nSPS) is 13.9. The van der Waals surface area contributed by atoms with Crippen molar-refractivity contribution < 1.29 is 13.9 Å². The summed E-state index contributed by atoms with van der Waals surface area (Å²) in [6.07, 6.45) is 2.43. The van der Waals surface area contributed by atoms with Gasteiger partial charge in [0.2, 0.25) is 0 Å². The van der Waals surface area contributed by atoms with E-state index in [4.69, 9.17) is 12.2 Å². The molecule has 0 spiro atoms. The molecule has 0 saturated carbocycles. The van der Waals surface area contributed by atoms with E-state index >= 15 is 0 Å². The molecule has 0 aliphatic rings. The molecule has 0 aromatic rings. The van der Waals surface area contributed by atoms with Crippen LogP contribution in [0.3, 0.4) is 0 Å². The van der Waals surface area contributed by atoms with Crippen LogP contribution in [0.25, 0.3) is 0 Å². The molecule has 0 rings (SSSR count). The van der Waals surface area contributed by atoms with Gasteiger partial charge in [-0.25, -0.2) is 0 Å². The highest BCUT2D eigenvalue weighted by Crippen LogP contribution is 2.16. The molecule has 0 aliphatic heterocycles. The highest BCUT2D eigenvalue weighted by atomic mass is 32.1. The topological polar surface area (TPSA) is 38.3 Å². The minimum absolute atomic E-state index is 0.00458. The van der Waals surface area contributed by atoms with E-state index < -0.39 is 5.98 Å². The summed E-state index contributed by atoms with van der Waals surface area (Å²) >= 11 is 4.80. The lowest BCUT2D eigenvalue weighted by molar-refractivity contribution is -0.172. The van der Waals surface area contributed by atoms with Crippen LogP contribution in [0.5, 0.6) is 0 Å². The van der Waals surface area contributed by atoms with Crippen molar-refractivity contribution >= 4 is 23.7 Å². The molecule has 1 N–H and O–H groups in total. The van der Waals surface area contributed by atoms with Crippen LogP contribution in [-0.2, 0) is 9.53 Å². The summed E-state index contributed by atoms with van der Waals surface area (Å²) in [7, 11) is 0. The van der Waals surface area contributed by atoms with Gasteiger partial charge in [0, 0.05) is 6.42 Å². The number of carbonyl (C=O) groups excluding carboxylic acids is 1. The zero-order chi connectivity index (χ0) is 11.0. The fourth-order valence-electron chi connectivity index (χ4n) is 0.811. The molecule has 1 unspecified atom stereocenters. The SMILES string of the molecule is C=CCCC(F)(NC(=S)CC)OC=O. The summed E-state index contributed by atoms with van der Waals surface area (Å²) < 4.78 is 18.0. The molecule has 0 saturated heterocycles. The van der Waals surface area contributed by atoms with E-state index in [2.05, 4.69) is 16.6 Å². The van der Waals surface area contributed by atoms with Gasteiger partial charge in [-0.15, -0.1) is 6.58 Å². The number of halogens is 1. The summed E-state index contributed by atoms with van der Waals surface area (Å²) in [6.45, 7) is 5.30. The van der Waals surface area contributed by atoms with E-state index in [0.29, 0.717) is 17.8 Å². The Morgan fingerprint density at radius 3 is 2.86 bits per heavy atom.